The smallest absolute Gasteiger partial charge is 0.331 e. The van der Waals surface area contributed by atoms with Crippen LogP contribution in [0, 0.1) is 5.92 Å². The van der Waals surface area contributed by atoms with Gasteiger partial charge < -0.3 is 9.47 Å². The third kappa shape index (κ3) is 2.88. The first-order valence-corrected chi connectivity index (χ1v) is 7.66. The Morgan fingerprint density at radius 2 is 2.14 bits per heavy atom. The molecule has 0 amide bonds. The summed E-state index contributed by atoms with van der Waals surface area (Å²) in [5.41, 5.74) is 1.85. The monoisotopic (exact) mass is 352 g/mol. The van der Waals surface area contributed by atoms with Crippen molar-refractivity contribution in [2.45, 2.75) is 18.7 Å². The maximum absolute atomic E-state index is 12.6. The minimum atomic E-state index is -0.487. The van der Waals surface area contributed by atoms with Gasteiger partial charge in [-0.1, -0.05) is 35.0 Å². The summed E-state index contributed by atoms with van der Waals surface area (Å²) in [7, 11) is 1.58. The number of alkyl halides is 1. The van der Waals surface area contributed by atoms with Crippen LogP contribution in [0.5, 0.6) is 5.75 Å². The molecule has 0 aliphatic heterocycles. The highest BCUT2D eigenvalue weighted by Gasteiger charge is 2.36. The van der Waals surface area contributed by atoms with Gasteiger partial charge in [-0.2, -0.15) is 0 Å². The Balaban J connectivity index is 2.51. The molecule has 1 aliphatic carbocycles. The van der Waals surface area contributed by atoms with Crippen molar-refractivity contribution in [3.63, 3.8) is 0 Å². The van der Waals surface area contributed by atoms with Gasteiger partial charge in [0, 0.05) is 28.7 Å². The van der Waals surface area contributed by atoms with E-state index in [4.69, 9.17) is 9.47 Å². The molecule has 0 aromatic heterocycles. The Morgan fingerprint density at radius 3 is 2.76 bits per heavy atom. The fourth-order valence-electron chi connectivity index (χ4n) is 2.48. The summed E-state index contributed by atoms with van der Waals surface area (Å²) in [6.45, 7) is 3.92. The number of fused-ring (bicyclic) bond motifs is 1. The molecule has 1 aromatic rings. The maximum Gasteiger partial charge on any atom is 0.331 e. The number of hydrogen-bond donors (Lipinski definition) is 0. The number of benzene rings is 1. The summed E-state index contributed by atoms with van der Waals surface area (Å²) in [5.74, 6) is -0.116. The highest BCUT2D eigenvalue weighted by atomic mass is 79.9. The average Bonchev–Trinajstić information content (AvgIpc) is 2.48. The number of hydrogen-bond acceptors (Lipinski definition) is 4. The maximum atomic E-state index is 12.6. The van der Waals surface area contributed by atoms with E-state index in [1.807, 2.05) is 13.0 Å². The standard InChI is InChI=1S/C16H17BrO4/c1-4-21-13(18)8-11-9(2)15(17)14-10(16(11)19)6-5-7-12(14)20-3/h5-9,15H,4H2,1-3H3/b11-8-. The van der Waals surface area contributed by atoms with Crippen LogP contribution in [0.4, 0.5) is 0 Å². The van der Waals surface area contributed by atoms with Crippen LogP contribution in [0.25, 0.3) is 0 Å². The van der Waals surface area contributed by atoms with Gasteiger partial charge in [-0.05, 0) is 13.0 Å². The molecule has 0 radical (unpaired) electrons. The number of allylic oxidation sites excluding steroid dienone is 1. The molecule has 21 heavy (non-hydrogen) atoms. The number of rotatable bonds is 3. The van der Waals surface area contributed by atoms with Crippen molar-refractivity contribution in [3.05, 3.63) is 41.0 Å². The van der Waals surface area contributed by atoms with Crippen LogP contribution in [0.2, 0.25) is 0 Å². The van der Waals surface area contributed by atoms with Crippen LogP contribution in [0.1, 0.15) is 34.6 Å². The Bertz CT molecular complexity index is 606. The zero-order valence-corrected chi connectivity index (χ0v) is 13.8. The number of carbonyl (C=O) groups is 2. The van der Waals surface area contributed by atoms with Crippen LogP contribution in [0.15, 0.2) is 29.8 Å². The van der Waals surface area contributed by atoms with Crippen LogP contribution < -0.4 is 4.74 Å². The summed E-state index contributed by atoms with van der Waals surface area (Å²) in [6, 6.07) is 5.35. The van der Waals surface area contributed by atoms with E-state index in [9.17, 15) is 9.59 Å². The Morgan fingerprint density at radius 1 is 1.43 bits per heavy atom. The molecule has 0 heterocycles. The van der Waals surface area contributed by atoms with E-state index >= 15 is 0 Å². The van der Waals surface area contributed by atoms with Crippen molar-refractivity contribution < 1.29 is 19.1 Å². The number of esters is 1. The first-order chi connectivity index (χ1) is 10.0. The van der Waals surface area contributed by atoms with E-state index in [1.165, 1.54) is 6.08 Å². The van der Waals surface area contributed by atoms with Crippen molar-refractivity contribution in [2.24, 2.45) is 5.92 Å². The third-order valence-electron chi connectivity index (χ3n) is 3.56. The largest absolute Gasteiger partial charge is 0.496 e. The molecule has 4 nitrogen and oxygen atoms in total. The first kappa shape index (κ1) is 15.8. The van der Waals surface area contributed by atoms with E-state index in [1.54, 1.807) is 26.2 Å². The van der Waals surface area contributed by atoms with Crippen LogP contribution in [-0.4, -0.2) is 25.5 Å². The van der Waals surface area contributed by atoms with Crippen LogP contribution in [0.3, 0.4) is 0 Å². The molecule has 2 unspecified atom stereocenters. The Labute approximate surface area is 132 Å². The van der Waals surface area contributed by atoms with Crippen molar-refractivity contribution >= 4 is 27.7 Å². The number of ether oxygens (including phenoxy) is 2. The van der Waals surface area contributed by atoms with E-state index in [2.05, 4.69) is 15.9 Å². The lowest BCUT2D eigenvalue weighted by atomic mass is 9.79. The Hall–Kier alpha value is -1.62. The van der Waals surface area contributed by atoms with E-state index in [0.717, 1.165) is 5.56 Å². The van der Waals surface area contributed by atoms with Gasteiger partial charge in [0.1, 0.15) is 5.75 Å². The van der Waals surface area contributed by atoms with Crippen LogP contribution in [-0.2, 0) is 9.53 Å². The summed E-state index contributed by atoms with van der Waals surface area (Å²) >= 11 is 3.62. The lowest BCUT2D eigenvalue weighted by molar-refractivity contribution is -0.137. The molecular weight excluding hydrogens is 336 g/mol. The molecule has 0 saturated heterocycles. The van der Waals surface area contributed by atoms with Crippen molar-refractivity contribution in [3.8, 4) is 5.75 Å². The van der Waals surface area contributed by atoms with E-state index in [0.29, 0.717) is 16.9 Å². The number of methoxy groups -OCH3 is 1. The highest BCUT2D eigenvalue weighted by Crippen LogP contribution is 2.46. The second kappa shape index (κ2) is 6.43. The minimum absolute atomic E-state index is 0.0953. The number of halogens is 1. The van der Waals surface area contributed by atoms with Gasteiger partial charge in [-0.3, -0.25) is 4.79 Å². The SMILES string of the molecule is CCOC(=O)/C=C1\C(=O)c2cccc(OC)c2C(Br)C1C. The summed E-state index contributed by atoms with van der Waals surface area (Å²) in [4.78, 5) is 24.2. The molecule has 0 bridgehead atoms. The summed E-state index contributed by atoms with van der Waals surface area (Å²) in [6.07, 6.45) is 1.30. The van der Waals surface area contributed by atoms with Crippen molar-refractivity contribution in [1.29, 1.82) is 0 Å². The van der Waals surface area contributed by atoms with Gasteiger partial charge in [0.05, 0.1) is 18.5 Å². The molecule has 112 valence electrons. The van der Waals surface area contributed by atoms with Gasteiger partial charge in [-0.15, -0.1) is 0 Å². The second-order valence-corrected chi connectivity index (χ2v) is 5.78. The normalized spacial score (nSPS) is 22.9. The first-order valence-electron chi connectivity index (χ1n) is 6.75. The zero-order valence-electron chi connectivity index (χ0n) is 12.2. The molecule has 0 saturated carbocycles. The molecule has 2 atom stereocenters. The quantitative estimate of drug-likeness (QED) is 0.475. The predicted molar refractivity (Wildman–Crippen MR) is 82.9 cm³/mol. The zero-order chi connectivity index (χ0) is 15.6. The minimum Gasteiger partial charge on any atom is -0.496 e. The summed E-state index contributed by atoms with van der Waals surface area (Å²) in [5, 5.41) is 0. The molecule has 1 aromatic carbocycles. The molecule has 0 N–H and O–H groups in total. The molecule has 5 heteroatoms. The van der Waals surface area contributed by atoms with Gasteiger partial charge in [-0.25, -0.2) is 4.79 Å². The Kier molecular flexibility index (Phi) is 4.83. The van der Waals surface area contributed by atoms with E-state index < -0.39 is 5.97 Å². The second-order valence-electron chi connectivity index (χ2n) is 4.79. The van der Waals surface area contributed by atoms with E-state index in [-0.39, 0.29) is 23.1 Å². The van der Waals surface area contributed by atoms with Crippen molar-refractivity contribution in [1.82, 2.24) is 0 Å². The topological polar surface area (TPSA) is 52.6 Å². The van der Waals surface area contributed by atoms with Gasteiger partial charge in [0.25, 0.3) is 0 Å². The predicted octanol–water partition coefficient (Wildman–Crippen LogP) is 3.45. The molecule has 2 rings (SSSR count). The van der Waals surface area contributed by atoms with Gasteiger partial charge >= 0.3 is 5.97 Å². The van der Waals surface area contributed by atoms with Crippen LogP contribution >= 0.6 is 15.9 Å². The lowest BCUT2D eigenvalue weighted by Gasteiger charge is -2.29. The lowest BCUT2D eigenvalue weighted by Crippen LogP contribution is -2.25. The molecule has 0 fully saturated rings. The number of Topliss-reactive ketones (excluding diaryl/α,β-unsaturated/α-hetero) is 1. The molecule has 1 aliphatic rings. The number of ketones is 1. The fourth-order valence-corrected chi connectivity index (χ4v) is 3.24. The van der Waals surface area contributed by atoms with Gasteiger partial charge in [0.15, 0.2) is 5.78 Å². The fraction of sp³-hybridized carbons (Fsp3) is 0.375. The average molecular weight is 353 g/mol. The third-order valence-corrected chi connectivity index (χ3v) is 4.81. The molecule has 0 spiro atoms. The molecular formula is C16H17BrO4. The van der Waals surface area contributed by atoms with Crippen molar-refractivity contribution in [2.75, 3.05) is 13.7 Å². The van der Waals surface area contributed by atoms with Gasteiger partial charge in [0.2, 0.25) is 0 Å². The number of carbonyl (C=O) groups excluding carboxylic acids is 2. The summed E-state index contributed by atoms with van der Waals surface area (Å²) < 4.78 is 10.2. The highest BCUT2D eigenvalue weighted by molar-refractivity contribution is 9.09.